The molecular weight excluding hydrogens is 256 g/mol. The van der Waals surface area contributed by atoms with Crippen molar-refractivity contribution in [1.82, 2.24) is 9.97 Å². The molecule has 1 aliphatic heterocycles. The van der Waals surface area contributed by atoms with Gasteiger partial charge in [0.05, 0.1) is 18.9 Å². The fraction of sp³-hybridized carbons (Fsp3) is 0.286. The first-order chi connectivity index (χ1) is 9.72. The summed E-state index contributed by atoms with van der Waals surface area (Å²) >= 11 is 0. The van der Waals surface area contributed by atoms with Crippen molar-refractivity contribution < 1.29 is 9.84 Å². The molecule has 3 N–H and O–H groups in total. The third kappa shape index (κ3) is 2.65. The van der Waals surface area contributed by atoms with Crippen molar-refractivity contribution in [1.29, 1.82) is 0 Å². The number of nitrogens with two attached hydrogens (primary N) is 1. The lowest BCUT2D eigenvalue weighted by Crippen LogP contribution is -2.37. The lowest BCUT2D eigenvalue weighted by Gasteiger charge is -2.27. The van der Waals surface area contributed by atoms with Gasteiger partial charge in [0.2, 0.25) is 5.95 Å². The smallest absolute Gasteiger partial charge is 0.228 e. The molecule has 0 bridgehead atoms. The summed E-state index contributed by atoms with van der Waals surface area (Å²) in [5.74, 6) is 1.22. The van der Waals surface area contributed by atoms with E-state index in [1.165, 1.54) is 0 Å². The largest absolute Gasteiger partial charge is 0.508 e. The van der Waals surface area contributed by atoms with E-state index in [-0.39, 0.29) is 5.75 Å². The number of nitrogens with zero attached hydrogens (tertiary/aromatic N) is 3. The first-order valence-electron chi connectivity index (χ1n) is 6.49. The van der Waals surface area contributed by atoms with Crippen LogP contribution in [0, 0.1) is 0 Å². The van der Waals surface area contributed by atoms with Crippen LogP contribution in [0.2, 0.25) is 0 Å². The van der Waals surface area contributed by atoms with Crippen LogP contribution < -0.4 is 10.6 Å². The highest BCUT2D eigenvalue weighted by atomic mass is 16.5. The molecule has 1 aliphatic rings. The molecule has 2 aromatic rings. The number of phenolic OH excluding ortho intramolecular Hbond substituents is 1. The molecule has 6 heteroatoms. The van der Waals surface area contributed by atoms with Gasteiger partial charge < -0.3 is 20.5 Å². The quantitative estimate of drug-likeness (QED) is 0.856. The molecule has 0 atom stereocenters. The predicted molar refractivity (Wildman–Crippen MR) is 76.6 cm³/mol. The van der Waals surface area contributed by atoms with Crippen molar-refractivity contribution in [2.75, 3.05) is 36.9 Å². The van der Waals surface area contributed by atoms with Gasteiger partial charge in [0, 0.05) is 24.7 Å². The summed E-state index contributed by atoms with van der Waals surface area (Å²) < 4.78 is 5.32. The Kier molecular flexibility index (Phi) is 3.39. The van der Waals surface area contributed by atoms with E-state index in [1.54, 1.807) is 24.3 Å². The highest BCUT2D eigenvalue weighted by Crippen LogP contribution is 2.24. The molecule has 1 saturated heterocycles. The number of rotatable bonds is 2. The fourth-order valence-electron chi connectivity index (χ4n) is 2.17. The molecule has 1 aromatic carbocycles. The molecular formula is C14H16N4O2. The minimum absolute atomic E-state index is 0.201. The van der Waals surface area contributed by atoms with Gasteiger partial charge in [-0.3, -0.25) is 0 Å². The number of aromatic hydroxyl groups is 1. The number of benzene rings is 1. The van der Waals surface area contributed by atoms with Gasteiger partial charge in [-0.15, -0.1) is 0 Å². The van der Waals surface area contributed by atoms with Crippen LogP contribution >= 0.6 is 0 Å². The number of ether oxygens (including phenoxy) is 1. The van der Waals surface area contributed by atoms with E-state index in [0.29, 0.717) is 30.7 Å². The van der Waals surface area contributed by atoms with E-state index in [4.69, 9.17) is 10.5 Å². The molecule has 0 aliphatic carbocycles. The van der Waals surface area contributed by atoms with E-state index >= 15 is 0 Å². The Morgan fingerprint density at radius 1 is 1.15 bits per heavy atom. The van der Waals surface area contributed by atoms with Crippen LogP contribution in [-0.4, -0.2) is 41.4 Å². The number of hydrogen-bond acceptors (Lipinski definition) is 6. The number of morpholine rings is 1. The minimum atomic E-state index is 0.201. The summed E-state index contributed by atoms with van der Waals surface area (Å²) in [6.07, 6.45) is 0. The highest BCUT2D eigenvalue weighted by molar-refractivity contribution is 5.65. The zero-order valence-corrected chi connectivity index (χ0v) is 11.0. The predicted octanol–water partition coefficient (Wildman–Crippen LogP) is 1.27. The Morgan fingerprint density at radius 2 is 1.95 bits per heavy atom. The summed E-state index contributed by atoms with van der Waals surface area (Å²) in [4.78, 5) is 10.9. The molecule has 0 spiro atoms. The third-order valence-electron chi connectivity index (χ3n) is 3.17. The molecule has 104 valence electrons. The second-order valence-electron chi connectivity index (χ2n) is 4.63. The van der Waals surface area contributed by atoms with E-state index in [1.807, 2.05) is 11.0 Å². The maximum atomic E-state index is 9.56. The lowest BCUT2D eigenvalue weighted by molar-refractivity contribution is 0.122. The van der Waals surface area contributed by atoms with Crippen molar-refractivity contribution in [2.45, 2.75) is 0 Å². The van der Waals surface area contributed by atoms with Gasteiger partial charge >= 0.3 is 0 Å². The van der Waals surface area contributed by atoms with Gasteiger partial charge in [-0.25, -0.2) is 4.98 Å². The molecule has 20 heavy (non-hydrogen) atoms. The van der Waals surface area contributed by atoms with Gasteiger partial charge in [-0.05, 0) is 12.1 Å². The summed E-state index contributed by atoms with van der Waals surface area (Å²) in [6, 6.07) is 8.64. The first kappa shape index (κ1) is 12.7. The number of hydrogen-bond donors (Lipinski definition) is 2. The highest BCUT2D eigenvalue weighted by Gasteiger charge is 2.15. The SMILES string of the molecule is Nc1cc(-c2cccc(O)c2)nc(N2CCOCC2)n1. The van der Waals surface area contributed by atoms with Gasteiger partial charge in [-0.2, -0.15) is 4.98 Å². The summed E-state index contributed by atoms with van der Waals surface area (Å²) in [6.45, 7) is 2.84. The van der Waals surface area contributed by atoms with Gasteiger partial charge in [-0.1, -0.05) is 12.1 Å². The monoisotopic (exact) mass is 272 g/mol. The second-order valence-corrected chi connectivity index (χ2v) is 4.63. The van der Waals surface area contributed by atoms with Crippen LogP contribution in [0.4, 0.5) is 11.8 Å². The summed E-state index contributed by atoms with van der Waals surface area (Å²) in [5.41, 5.74) is 7.39. The Morgan fingerprint density at radius 3 is 2.70 bits per heavy atom. The lowest BCUT2D eigenvalue weighted by atomic mass is 10.1. The van der Waals surface area contributed by atoms with Crippen molar-refractivity contribution in [3.63, 3.8) is 0 Å². The molecule has 3 rings (SSSR count). The zero-order valence-electron chi connectivity index (χ0n) is 11.0. The van der Waals surface area contributed by atoms with E-state index < -0.39 is 0 Å². The molecule has 6 nitrogen and oxygen atoms in total. The molecule has 0 radical (unpaired) electrons. The molecule has 1 fully saturated rings. The van der Waals surface area contributed by atoms with Crippen molar-refractivity contribution in [2.24, 2.45) is 0 Å². The minimum Gasteiger partial charge on any atom is -0.508 e. The number of anilines is 2. The average molecular weight is 272 g/mol. The molecule has 1 aromatic heterocycles. The first-order valence-corrected chi connectivity index (χ1v) is 6.49. The van der Waals surface area contributed by atoms with E-state index in [2.05, 4.69) is 9.97 Å². The molecule has 2 heterocycles. The Hall–Kier alpha value is -2.34. The Labute approximate surface area is 116 Å². The van der Waals surface area contributed by atoms with Crippen molar-refractivity contribution >= 4 is 11.8 Å². The molecule has 0 saturated carbocycles. The van der Waals surface area contributed by atoms with Crippen LogP contribution in [0.1, 0.15) is 0 Å². The number of aromatic nitrogens is 2. The van der Waals surface area contributed by atoms with Gasteiger partial charge in [0.25, 0.3) is 0 Å². The standard InChI is InChI=1S/C14H16N4O2/c15-13-9-12(10-2-1-3-11(19)8-10)16-14(17-13)18-4-6-20-7-5-18/h1-3,8-9,19H,4-7H2,(H2,15,16,17). The zero-order chi connectivity index (χ0) is 13.9. The molecule has 0 unspecified atom stereocenters. The Balaban J connectivity index is 1.97. The van der Waals surface area contributed by atoms with Gasteiger partial charge in [0.15, 0.2) is 0 Å². The number of nitrogen functional groups attached to an aromatic ring is 1. The average Bonchev–Trinajstić information content (AvgIpc) is 2.47. The van der Waals surface area contributed by atoms with Crippen LogP contribution in [0.5, 0.6) is 5.75 Å². The summed E-state index contributed by atoms with van der Waals surface area (Å²) in [5, 5.41) is 9.56. The normalized spacial score (nSPS) is 15.3. The van der Waals surface area contributed by atoms with Crippen LogP contribution in [0.15, 0.2) is 30.3 Å². The second kappa shape index (κ2) is 5.34. The number of phenols is 1. The third-order valence-corrected chi connectivity index (χ3v) is 3.17. The Bertz CT molecular complexity index is 612. The maximum absolute atomic E-state index is 9.56. The topological polar surface area (TPSA) is 84.5 Å². The van der Waals surface area contributed by atoms with Crippen LogP contribution in [-0.2, 0) is 4.74 Å². The van der Waals surface area contributed by atoms with Crippen LogP contribution in [0.25, 0.3) is 11.3 Å². The maximum Gasteiger partial charge on any atom is 0.228 e. The molecule has 0 amide bonds. The van der Waals surface area contributed by atoms with Gasteiger partial charge in [0.1, 0.15) is 11.6 Å². The van der Waals surface area contributed by atoms with E-state index in [0.717, 1.165) is 18.7 Å². The summed E-state index contributed by atoms with van der Waals surface area (Å²) in [7, 11) is 0. The van der Waals surface area contributed by atoms with E-state index in [9.17, 15) is 5.11 Å². The van der Waals surface area contributed by atoms with Crippen molar-refractivity contribution in [3.05, 3.63) is 30.3 Å². The van der Waals surface area contributed by atoms with Crippen LogP contribution in [0.3, 0.4) is 0 Å². The van der Waals surface area contributed by atoms with Crippen molar-refractivity contribution in [3.8, 4) is 17.0 Å². The fourth-order valence-corrected chi connectivity index (χ4v) is 2.17.